The summed E-state index contributed by atoms with van der Waals surface area (Å²) in [6.45, 7) is 5.97. The second-order valence-corrected chi connectivity index (χ2v) is 9.31. The summed E-state index contributed by atoms with van der Waals surface area (Å²) in [5.74, 6) is 0.442. The zero-order valence-corrected chi connectivity index (χ0v) is 14.9. The maximum absolute atomic E-state index is 12.4. The molecule has 1 saturated heterocycles. The largest absolute Gasteiger partial charge is 0.316 e. The van der Waals surface area contributed by atoms with Crippen molar-refractivity contribution in [2.45, 2.75) is 43.8 Å². The highest BCUT2D eigenvalue weighted by molar-refractivity contribution is 8.00. The van der Waals surface area contributed by atoms with Gasteiger partial charge >= 0.3 is 0 Å². The van der Waals surface area contributed by atoms with Gasteiger partial charge in [-0.1, -0.05) is 6.92 Å². The normalized spacial score (nSPS) is 25.9. The van der Waals surface area contributed by atoms with E-state index in [9.17, 15) is 8.42 Å². The molecular formula is C14H29N3O2S2. The fourth-order valence-corrected chi connectivity index (χ4v) is 5.04. The van der Waals surface area contributed by atoms with Gasteiger partial charge in [-0.2, -0.15) is 24.5 Å². The number of hydrogen-bond acceptors (Lipinski definition) is 4. The van der Waals surface area contributed by atoms with Crippen molar-refractivity contribution in [1.82, 2.24) is 14.3 Å². The Bertz CT molecular complexity index is 424. The lowest BCUT2D eigenvalue weighted by atomic mass is 10.00. The van der Waals surface area contributed by atoms with Gasteiger partial charge in [0.1, 0.15) is 0 Å². The third-order valence-electron chi connectivity index (χ3n) is 4.50. The van der Waals surface area contributed by atoms with E-state index < -0.39 is 10.2 Å². The van der Waals surface area contributed by atoms with Crippen LogP contribution >= 0.6 is 11.8 Å². The van der Waals surface area contributed by atoms with Crippen LogP contribution in [0.5, 0.6) is 0 Å². The van der Waals surface area contributed by atoms with Gasteiger partial charge in [0, 0.05) is 24.4 Å². The minimum absolute atomic E-state index is 0.172. The Morgan fingerprint density at radius 2 is 2.14 bits per heavy atom. The number of thioether (sulfide) groups is 1. The van der Waals surface area contributed by atoms with Gasteiger partial charge in [0.15, 0.2) is 0 Å². The van der Waals surface area contributed by atoms with E-state index in [4.69, 9.17) is 0 Å². The maximum atomic E-state index is 12.4. The summed E-state index contributed by atoms with van der Waals surface area (Å²) in [5, 5.41) is 3.41. The molecule has 21 heavy (non-hydrogen) atoms. The third-order valence-corrected chi connectivity index (χ3v) is 7.44. The molecule has 124 valence electrons. The van der Waals surface area contributed by atoms with Crippen LogP contribution in [0, 0.1) is 5.92 Å². The number of hydrogen-bond donors (Lipinski definition) is 2. The number of rotatable bonds is 9. The first kappa shape index (κ1) is 17.5. The van der Waals surface area contributed by atoms with E-state index in [1.165, 1.54) is 0 Å². The quantitative estimate of drug-likeness (QED) is 0.626. The topological polar surface area (TPSA) is 61.4 Å². The van der Waals surface area contributed by atoms with Crippen molar-refractivity contribution in [2.24, 2.45) is 5.92 Å². The van der Waals surface area contributed by atoms with Crippen LogP contribution in [0.15, 0.2) is 0 Å². The number of piperidine rings is 1. The van der Waals surface area contributed by atoms with Gasteiger partial charge in [-0.3, -0.25) is 0 Å². The van der Waals surface area contributed by atoms with E-state index in [1.54, 1.807) is 16.1 Å². The summed E-state index contributed by atoms with van der Waals surface area (Å²) in [6, 6.07) is 0. The molecule has 1 atom stereocenters. The first-order valence-corrected chi connectivity index (χ1v) is 10.7. The van der Waals surface area contributed by atoms with Gasteiger partial charge in [-0.25, -0.2) is 4.72 Å². The molecule has 0 amide bonds. The van der Waals surface area contributed by atoms with Crippen LogP contribution < -0.4 is 10.0 Å². The van der Waals surface area contributed by atoms with Crippen molar-refractivity contribution in [3.63, 3.8) is 0 Å². The highest BCUT2D eigenvalue weighted by Crippen LogP contribution is 2.46. The molecule has 0 aromatic carbocycles. The third kappa shape index (κ3) is 5.10. The first-order valence-electron chi connectivity index (χ1n) is 8.02. The fraction of sp³-hybridized carbons (Fsp3) is 1.00. The Labute approximate surface area is 133 Å². The summed E-state index contributed by atoms with van der Waals surface area (Å²) in [4.78, 5) is 0. The van der Waals surface area contributed by atoms with Gasteiger partial charge in [-0.05, 0) is 57.4 Å². The SMILES string of the molecule is CCCNCC1CCCN(S(=O)(=O)NCC2(SC)CC2)C1. The summed E-state index contributed by atoms with van der Waals surface area (Å²) in [7, 11) is -3.31. The van der Waals surface area contributed by atoms with Crippen molar-refractivity contribution in [1.29, 1.82) is 0 Å². The van der Waals surface area contributed by atoms with Gasteiger partial charge in [0.25, 0.3) is 10.2 Å². The zero-order chi connectivity index (χ0) is 15.3. The second-order valence-electron chi connectivity index (χ2n) is 6.28. The second kappa shape index (κ2) is 7.64. The van der Waals surface area contributed by atoms with E-state index >= 15 is 0 Å². The van der Waals surface area contributed by atoms with Crippen LogP contribution in [0.2, 0.25) is 0 Å². The predicted molar refractivity (Wildman–Crippen MR) is 89.9 cm³/mol. The summed E-state index contributed by atoms with van der Waals surface area (Å²) in [6.07, 6.45) is 7.52. The molecule has 5 nitrogen and oxygen atoms in total. The molecule has 0 radical (unpaired) electrons. The van der Waals surface area contributed by atoms with Crippen LogP contribution in [0.1, 0.15) is 39.0 Å². The van der Waals surface area contributed by atoms with Crippen LogP contribution in [-0.4, -0.2) is 56.4 Å². The van der Waals surface area contributed by atoms with E-state index in [0.29, 0.717) is 25.6 Å². The molecule has 2 aliphatic rings. The van der Waals surface area contributed by atoms with Crippen LogP contribution in [0.3, 0.4) is 0 Å². The van der Waals surface area contributed by atoms with E-state index in [2.05, 4.69) is 23.2 Å². The summed E-state index contributed by atoms with van der Waals surface area (Å²) < 4.78 is 29.5. The maximum Gasteiger partial charge on any atom is 0.279 e. The Morgan fingerprint density at radius 1 is 1.38 bits per heavy atom. The standard InChI is InChI=1S/C14H29N3O2S2/c1-3-8-15-10-13-5-4-9-17(11-13)21(18,19)16-12-14(20-2)6-7-14/h13,15-16H,3-12H2,1-2H3. The van der Waals surface area contributed by atoms with Crippen molar-refractivity contribution < 1.29 is 8.42 Å². The molecule has 2 N–H and O–H groups in total. The number of nitrogens with zero attached hydrogens (tertiary/aromatic N) is 1. The first-order chi connectivity index (χ1) is 10.0. The van der Waals surface area contributed by atoms with E-state index in [0.717, 1.165) is 45.2 Å². The fourth-order valence-electron chi connectivity index (χ4n) is 2.80. The number of nitrogens with one attached hydrogen (secondary N) is 2. The Kier molecular flexibility index (Phi) is 6.38. The van der Waals surface area contributed by atoms with Crippen molar-refractivity contribution in [3.8, 4) is 0 Å². The molecule has 2 rings (SSSR count). The molecule has 0 aromatic heterocycles. The summed E-state index contributed by atoms with van der Waals surface area (Å²) in [5.41, 5.74) is 0. The monoisotopic (exact) mass is 335 g/mol. The molecule has 0 bridgehead atoms. The Morgan fingerprint density at radius 3 is 2.76 bits per heavy atom. The highest BCUT2D eigenvalue weighted by atomic mass is 32.2. The molecule has 0 aromatic rings. The van der Waals surface area contributed by atoms with Gasteiger partial charge in [-0.15, -0.1) is 0 Å². The molecular weight excluding hydrogens is 306 g/mol. The summed E-state index contributed by atoms with van der Waals surface area (Å²) >= 11 is 1.78. The van der Waals surface area contributed by atoms with Crippen LogP contribution in [0.4, 0.5) is 0 Å². The molecule has 2 fully saturated rings. The van der Waals surface area contributed by atoms with Crippen LogP contribution in [0.25, 0.3) is 0 Å². The van der Waals surface area contributed by atoms with Crippen LogP contribution in [-0.2, 0) is 10.2 Å². The Hall–Kier alpha value is 0.180. The van der Waals surface area contributed by atoms with E-state index in [-0.39, 0.29) is 4.75 Å². The molecule has 1 saturated carbocycles. The predicted octanol–water partition coefficient (Wildman–Crippen LogP) is 1.43. The highest BCUT2D eigenvalue weighted by Gasteiger charge is 2.43. The van der Waals surface area contributed by atoms with Crippen molar-refractivity contribution in [2.75, 3.05) is 39.0 Å². The average molecular weight is 336 g/mol. The minimum atomic E-state index is -3.31. The lowest BCUT2D eigenvalue weighted by Gasteiger charge is -2.32. The Balaban J connectivity index is 1.81. The molecule has 1 heterocycles. The van der Waals surface area contributed by atoms with Gasteiger partial charge in [0.05, 0.1) is 0 Å². The molecule has 1 aliphatic carbocycles. The smallest absolute Gasteiger partial charge is 0.279 e. The minimum Gasteiger partial charge on any atom is -0.316 e. The van der Waals surface area contributed by atoms with E-state index in [1.807, 2.05) is 0 Å². The molecule has 1 unspecified atom stereocenters. The molecule has 0 spiro atoms. The molecule has 1 aliphatic heterocycles. The lowest BCUT2D eigenvalue weighted by molar-refractivity contribution is 0.258. The van der Waals surface area contributed by atoms with Gasteiger partial charge in [0.2, 0.25) is 0 Å². The zero-order valence-electron chi connectivity index (χ0n) is 13.2. The van der Waals surface area contributed by atoms with Crippen molar-refractivity contribution >= 4 is 22.0 Å². The molecule has 7 heteroatoms. The van der Waals surface area contributed by atoms with Crippen molar-refractivity contribution in [3.05, 3.63) is 0 Å². The lowest BCUT2D eigenvalue weighted by Crippen LogP contribution is -2.49. The van der Waals surface area contributed by atoms with Gasteiger partial charge < -0.3 is 5.32 Å². The average Bonchev–Trinajstić information content (AvgIpc) is 3.27.